The molecule has 1 aliphatic carbocycles. The van der Waals surface area contributed by atoms with Gasteiger partial charge in [0.2, 0.25) is 0 Å². The third-order valence-corrected chi connectivity index (χ3v) is 11.8. The van der Waals surface area contributed by atoms with Gasteiger partial charge in [-0.2, -0.15) is 0 Å². The average Bonchev–Trinajstić information content (AvgIpc) is 3.63. The topological polar surface area (TPSA) is 3.24 Å². The van der Waals surface area contributed by atoms with Crippen LogP contribution in [0.3, 0.4) is 0 Å². The summed E-state index contributed by atoms with van der Waals surface area (Å²) in [7, 11) is 0. The van der Waals surface area contributed by atoms with Gasteiger partial charge in [-0.3, -0.25) is 0 Å². The quantitative estimate of drug-likeness (QED) is 0.147. The summed E-state index contributed by atoms with van der Waals surface area (Å²) in [4.78, 5) is 1.92. The molecule has 0 unspecified atom stereocenters. The van der Waals surface area contributed by atoms with Gasteiger partial charge in [0, 0.05) is 17.1 Å². The molecule has 11 rings (SSSR count). The maximum Gasteiger partial charge on any atom is 0.0714 e. The molecule has 0 N–H and O–H groups in total. The van der Waals surface area contributed by atoms with Crippen molar-refractivity contribution in [3.8, 4) is 33.4 Å². The van der Waals surface area contributed by atoms with E-state index in [1.54, 1.807) is 0 Å². The van der Waals surface area contributed by atoms with Crippen LogP contribution in [0.15, 0.2) is 236 Å². The first kappa shape index (κ1) is 29.8. The molecule has 0 saturated heterocycles. The molecule has 58 heavy (non-hydrogen) atoms. The van der Waals surface area contributed by atoms with Crippen molar-refractivity contribution in [3.63, 3.8) is 0 Å². The number of benzene rings is 10. The Hall–Kier alpha value is -7.48. The first-order chi connectivity index (χ1) is 30.4. The van der Waals surface area contributed by atoms with Crippen molar-refractivity contribution < 1.29 is 5.48 Å². The highest BCUT2D eigenvalue weighted by Crippen LogP contribution is 2.57. The molecule has 0 heterocycles. The van der Waals surface area contributed by atoms with E-state index in [2.05, 4.69) is 127 Å². The first-order valence-electron chi connectivity index (χ1n) is 21.8. The van der Waals surface area contributed by atoms with Crippen LogP contribution >= 0.6 is 0 Å². The maximum atomic E-state index is 9.87. The Morgan fingerprint density at radius 1 is 0.328 bits per heavy atom. The zero-order valence-corrected chi connectivity index (χ0v) is 31.7. The minimum absolute atomic E-state index is 0.0937. The van der Waals surface area contributed by atoms with E-state index < -0.39 is 5.41 Å². The highest BCUT2D eigenvalue weighted by atomic mass is 15.1. The van der Waals surface area contributed by atoms with Gasteiger partial charge in [-0.1, -0.05) is 194 Å². The smallest absolute Gasteiger partial charge is 0.0714 e. The van der Waals surface area contributed by atoms with E-state index in [1.807, 2.05) is 89.8 Å². The van der Waals surface area contributed by atoms with Crippen LogP contribution < -0.4 is 4.90 Å². The molecule has 0 spiro atoms. The predicted octanol–water partition coefficient (Wildman–Crippen LogP) is 15.2. The summed E-state index contributed by atoms with van der Waals surface area (Å²) in [6.45, 7) is 0. The van der Waals surface area contributed by atoms with Gasteiger partial charge in [0.05, 0.1) is 10.9 Å². The van der Waals surface area contributed by atoms with Crippen molar-refractivity contribution >= 4 is 38.6 Å². The molecule has 10 aromatic rings. The molecule has 1 nitrogen and oxygen atoms in total. The second-order valence-electron chi connectivity index (χ2n) is 14.9. The normalized spacial score (nSPS) is 13.6. The van der Waals surface area contributed by atoms with Crippen molar-refractivity contribution in [1.82, 2.24) is 0 Å². The Morgan fingerprint density at radius 2 is 0.862 bits per heavy atom. The molecular formula is C57H39N. The summed E-state index contributed by atoms with van der Waals surface area (Å²) in [6, 6.07) is 72.4. The Morgan fingerprint density at radius 3 is 1.57 bits per heavy atom. The van der Waals surface area contributed by atoms with Crippen molar-refractivity contribution in [2.24, 2.45) is 0 Å². The molecular weight excluding hydrogens is 699 g/mol. The molecule has 10 aromatic carbocycles. The SMILES string of the molecule is [2H]c1c([2H])c(N(c2ccc(-c3ccccc3)cc2)c2ccc3c(c2)C(c2ccccc2)(c2ccccc2)c2ccccc2-3)c([2H])c([2H])c1-c1cc2ccccc2c2ccccc12. The van der Waals surface area contributed by atoms with E-state index in [0.29, 0.717) is 5.56 Å². The summed E-state index contributed by atoms with van der Waals surface area (Å²) in [5, 5.41) is 3.93. The summed E-state index contributed by atoms with van der Waals surface area (Å²) >= 11 is 0. The summed E-state index contributed by atoms with van der Waals surface area (Å²) in [6.07, 6.45) is 0. The van der Waals surface area contributed by atoms with Crippen molar-refractivity contribution in [1.29, 1.82) is 0 Å². The lowest BCUT2D eigenvalue weighted by atomic mass is 9.67. The van der Waals surface area contributed by atoms with Crippen molar-refractivity contribution in [2.45, 2.75) is 5.41 Å². The molecule has 0 aromatic heterocycles. The summed E-state index contributed by atoms with van der Waals surface area (Å²) in [5.74, 6) is 0. The minimum Gasteiger partial charge on any atom is -0.310 e. The number of nitrogens with zero attached hydrogens (tertiary/aromatic N) is 1. The Balaban J connectivity index is 1.18. The Labute approximate surface area is 345 Å². The number of hydrogen-bond acceptors (Lipinski definition) is 1. The number of hydrogen-bond donors (Lipinski definition) is 0. The average molecular weight is 742 g/mol. The van der Waals surface area contributed by atoms with Gasteiger partial charge in [-0.25, -0.2) is 0 Å². The van der Waals surface area contributed by atoms with E-state index in [1.165, 1.54) is 5.56 Å². The maximum absolute atomic E-state index is 9.87. The van der Waals surface area contributed by atoms with Crippen LogP contribution in [0.25, 0.3) is 54.9 Å². The molecule has 0 atom stereocenters. The van der Waals surface area contributed by atoms with Crippen LogP contribution in [0, 0.1) is 0 Å². The third-order valence-electron chi connectivity index (χ3n) is 11.8. The van der Waals surface area contributed by atoms with Crippen LogP contribution in [0.1, 0.15) is 27.7 Å². The molecule has 272 valence electrons. The zero-order valence-electron chi connectivity index (χ0n) is 35.7. The monoisotopic (exact) mass is 741 g/mol. The van der Waals surface area contributed by atoms with E-state index in [0.717, 1.165) is 71.9 Å². The fourth-order valence-corrected chi connectivity index (χ4v) is 9.23. The Bertz CT molecular complexity index is 3260. The number of fused-ring (bicyclic) bond motifs is 6. The molecule has 0 radical (unpaired) electrons. The lowest BCUT2D eigenvalue weighted by Crippen LogP contribution is -2.28. The van der Waals surface area contributed by atoms with E-state index in [9.17, 15) is 5.48 Å². The molecule has 0 amide bonds. The van der Waals surface area contributed by atoms with Crippen LogP contribution in [-0.2, 0) is 5.41 Å². The molecule has 0 aliphatic heterocycles. The Kier molecular flexibility index (Phi) is 7.14. The predicted molar refractivity (Wildman–Crippen MR) is 244 cm³/mol. The van der Waals surface area contributed by atoms with Crippen LogP contribution in [0.5, 0.6) is 0 Å². The molecule has 1 aliphatic rings. The van der Waals surface area contributed by atoms with Crippen LogP contribution in [-0.4, -0.2) is 0 Å². The van der Waals surface area contributed by atoms with Gasteiger partial charge in [0.15, 0.2) is 0 Å². The fraction of sp³-hybridized carbons (Fsp3) is 0.0175. The molecule has 1 heteroatoms. The second-order valence-corrected chi connectivity index (χ2v) is 14.9. The molecule has 0 fully saturated rings. The van der Waals surface area contributed by atoms with Gasteiger partial charge in [0.25, 0.3) is 0 Å². The van der Waals surface area contributed by atoms with Gasteiger partial charge in [-0.05, 0) is 120 Å². The fourth-order valence-electron chi connectivity index (χ4n) is 9.23. The zero-order chi connectivity index (χ0) is 42.0. The highest BCUT2D eigenvalue weighted by Gasteiger charge is 2.46. The summed E-state index contributed by atoms with van der Waals surface area (Å²) < 4.78 is 39.2. The van der Waals surface area contributed by atoms with Crippen molar-refractivity contribution in [2.75, 3.05) is 4.90 Å². The molecule has 0 bridgehead atoms. The van der Waals surface area contributed by atoms with Crippen LogP contribution in [0.2, 0.25) is 0 Å². The first-order valence-corrected chi connectivity index (χ1v) is 19.8. The van der Waals surface area contributed by atoms with Gasteiger partial charge < -0.3 is 4.90 Å². The van der Waals surface area contributed by atoms with Crippen LogP contribution in [0.4, 0.5) is 17.1 Å². The molecule has 0 saturated carbocycles. The summed E-state index contributed by atoms with van der Waals surface area (Å²) in [5.41, 5.74) is 10.8. The van der Waals surface area contributed by atoms with E-state index in [-0.39, 0.29) is 35.4 Å². The lowest BCUT2D eigenvalue weighted by molar-refractivity contribution is 0.768. The second kappa shape index (κ2) is 13.9. The van der Waals surface area contributed by atoms with Crippen molar-refractivity contribution in [3.05, 3.63) is 259 Å². The van der Waals surface area contributed by atoms with Gasteiger partial charge in [-0.15, -0.1) is 0 Å². The van der Waals surface area contributed by atoms with Gasteiger partial charge in [0.1, 0.15) is 0 Å². The standard InChI is InChI=1S/C57H39N/c1-4-16-40(17-5-1)41-28-32-46(33-29-41)58(47-34-30-42(31-35-47)54-38-43-18-10-11-23-49(43)50-24-12-13-25-51(50)54)48-36-37-53-52-26-14-15-27-55(52)57(56(53)39-48,44-19-6-2-7-20-44)45-21-8-3-9-22-45/h1-39H/i30D,31D,34D,35D. The minimum atomic E-state index is -0.678. The lowest BCUT2D eigenvalue weighted by Gasteiger charge is -2.35. The van der Waals surface area contributed by atoms with E-state index in [4.69, 9.17) is 0 Å². The number of rotatable bonds is 7. The van der Waals surface area contributed by atoms with Gasteiger partial charge >= 0.3 is 0 Å². The highest BCUT2D eigenvalue weighted by molar-refractivity contribution is 6.13. The third kappa shape index (κ3) is 5.39. The van der Waals surface area contributed by atoms with E-state index >= 15 is 0 Å². The largest absolute Gasteiger partial charge is 0.310 e. The number of anilines is 3.